The molecule has 116 valence electrons. The fourth-order valence-corrected chi connectivity index (χ4v) is 3.17. The topological polar surface area (TPSA) is 23.6 Å². The van der Waals surface area contributed by atoms with Crippen molar-refractivity contribution in [1.29, 1.82) is 0 Å². The molecule has 1 aliphatic rings. The molecule has 0 bridgehead atoms. The predicted molar refractivity (Wildman–Crippen MR) is 88.1 cm³/mol. The Morgan fingerprint density at radius 2 is 2.00 bits per heavy atom. The normalized spacial score (nSPS) is 17.0. The maximum atomic E-state index is 12.4. The van der Waals surface area contributed by atoms with Crippen LogP contribution in [-0.4, -0.2) is 48.4 Å². The van der Waals surface area contributed by atoms with Crippen LogP contribution in [0.4, 0.5) is 0 Å². The summed E-state index contributed by atoms with van der Waals surface area (Å²) < 4.78 is 0. The van der Waals surface area contributed by atoms with E-state index >= 15 is 0 Å². The molecule has 0 saturated carbocycles. The second-order valence-electron chi connectivity index (χ2n) is 5.58. The van der Waals surface area contributed by atoms with Crippen molar-refractivity contribution >= 4 is 29.1 Å². The van der Waals surface area contributed by atoms with Crippen molar-refractivity contribution in [2.45, 2.75) is 32.2 Å². The van der Waals surface area contributed by atoms with Gasteiger partial charge >= 0.3 is 0 Å². The largest absolute Gasteiger partial charge is 0.342 e. The van der Waals surface area contributed by atoms with E-state index < -0.39 is 0 Å². The summed E-state index contributed by atoms with van der Waals surface area (Å²) in [6.07, 6.45) is 2.39. The van der Waals surface area contributed by atoms with Crippen molar-refractivity contribution in [1.82, 2.24) is 9.80 Å². The molecule has 21 heavy (non-hydrogen) atoms. The van der Waals surface area contributed by atoms with Crippen LogP contribution in [-0.2, 0) is 11.2 Å². The highest BCUT2D eigenvalue weighted by Crippen LogP contribution is 2.22. The first-order chi connectivity index (χ1) is 10.0. The van der Waals surface area contributed by atoms with E-state index in [0.717, 1.165) is 38.0 Å². The van der Waals surface area contributed by atoms with Crippen LogP contribution in [0.5, 0.6) is 0 Å². The molecule has 1 amide bonds. The van der Waals surface area contributed by atoms with Crippen molar-refractivity contribution in [2.24, 2.45) is 0 Å². The molecule has 0 unspecified atom stereocenters. The first-order valence-corrected chi connectivity index (χ1v) is 8.18. The minimum Gasteiger partial charge on any atom is -0.342 e. The maximum Gasteiger partial charge on any atom is 0.227 e. The van der Waals surface area contributed by atoms with Gasteiger partial charge in [0.15, 0.2) is 0 Å². The van der Waals surface area contributed by atoms with E-state index in [1.165, 1.54) is 0 Å². The summed E-state index contributed by atoms with van der Waals surface area (Å²) in [6.45, 7) is 5.40. The second-order valence-corrected chi connectivity index (χ2v) is 6.43. The number of halogens is 2. The average Bonchev–Trinajstić information content (AvgIpc) is 2.50. The number of benzene rings is 1. The van der Waals surface area contributed by atoms with Gasteiger partial charge in [-0.2, -0.15) is 0 Å². The third-order valence-corrected chi connectivity index (χ3v) is 4.90. The SMILES string of the molecule is CCN1CCC(N(C)C(=O)Cc2cc(Cl)ccc2Cl)CC1. The molecule has 0 spiro atoms. The van der Waals surface area contributed by atoms with Gasteiger partial charge in [0.2, 0.25) is 5.91 Å². The predicted octanol–water partition coefficient (Wildman–Crippen LogP) is 3.48. The van der Waals surface area contributed by atoms with Crippen molar-refractivity contribution in [3.63, 3.8) is 0 Å². The maximum absolute atomic E-state index is 12.4. The molecule has 5 heteroatoms. The Morgan fingerprint density at radius 1 is 1.33 bits per heavy atom. The molecule has 2 rings (SSSR count). The number of piperidine rings is 1. The molecule has 0 aromatic heterocycles. The first-order valence-electron chi connectivity index (χ1n) is 7.43. The summed E-state index contributed by atoms with van der Waals surface area (Å²) in [5.74, 6) is 0.106. The average molecular weight is 329 g/mol. The van der Waals surface area contributed by atoms with E-state index in [2.05, 4.69) is 11.8 Å². The molecular weight excluding hydrogens is 307 g/mol. The molecule has 1 aliphatic heterocycles. The summed E-state index contributed by atoms with van der Waals surface area (Å²) in [7, 11) is 1.90. The van der Waals surface area contributed by atoms with E-state index in [4.69, 9.17) is 23.2 Å². The molecule has 3 nitrogen and oxygen atoms in total. The molecule has 1 aromatic carbocycles. The lowest BCUT2D eigenvalue weighted by molar-refractivity contribution is -0.132. The Balaban J connectivity index is 1.95. The third-order valence-electron chi connectivity index (χ3n) is 4.29. The van der Waals surface area contributed by atoms with E-state index in [1.807, 2.05) is 11.9 Å². The van der Waals surface area contributed by atoms with Gasteiger partial charge in [0.05, 0.1) is 6.42 Å². The summed E-state index contributed by atoms with van der Waals surface area (Å²) >= 11 is 12.1. The number of hydrogen-bond donors (Lipinski definition) is 0. The van der Waals surface area contributed by atoms with Crippen molar-refractivity contribution in [2.75, 3.05) is 26.7 Å². The highest BCUT2D eigenvalue weighted by atomic mass is 35.5. The summed E-state index contributed by atoms with van der Waals surface area (Å²) in [6, 6.07) is 5.59. The van der Waals surface area contributed by atoms with E-state index in [9.17, 15) is 4.79 Å². The summed E-state index contributed by atoms with van der Waals surface area (Å²) in [5, 5.41) is 1.21. The van der Waals surface area contributed by atoms with Crippen LogP contribution in [0.25, 0.3) is 0 Å². The lowest BCUT2D eigenvalue weighted by atomic mass is 10.0. The zero-order chi connectivity index (χ0) is 15.4. The molecule has 0 atom stereocenters. The van der Waals surface area contributed by atoms with Crippen LogP contribution >= 0.6 is 23.2 Å². The van der Waals surface area contributed by atoms with Gasteiger partial charge in [-0.1, -0.05) is 30.1 Å². The number of carbonyl (C=O) groups is 1. The third kappa shape index (κ3) is 4.35. The van der Waals surface area contributed by atoms with Crippen molar-refractivity contribution in [3.05, 3.63) is 33.8 Å². The van der Waals surface area contributed by atoms with Crippen LogP contribution in [0.2, 0.25) is 10.0 Å². The summed E-state index contributed by atoms with van der Waals surface area (Å²) in [4.78, 5) is 16.7. The zero-order valence-corrected chi connectivity index (χ0v) is 14.1. The highest BCUT2D eigenvalue weighted by Gasteiger charge is 2.25. The van der Waals surface area contributed by atoms with E-state index in [0.29, 0.717) is 22.5 Å². The van der Waals surface area contributed by atoms with Crippen LogP contribution < -0.4 is 0 Å². The Bertz CT molecular complexity index is 499. The first kappa shape index (κ1) is 16.6. The Labute approximate surface area is 136 Å². The molecule has 0 N–H and O–H groups in total. The number of hydrogen-bond acceptors (Lipinski definition) is 2. The Kier molecular flexibility index (Phi) is 5.91. The minimum absolute atomic E-state index is 0.106. The number of likely N-dealkylation sites (tertiary alicyclic amines) is 1. The zero-order valence-electron chi connectivity index (χ0n) is 12.6. The van der Waals surface area contributed by atoms with Crippen molar-refractivity contribution < 1.29 is 4.79 Å². The van der Waals surface area contributed by atoms with Crippen LogP contribution in [0, 0.1) is 0 Å². The number of carbonyl (C=O) groups excluding carboxylic acids is 1. The standard InChI is InChI=1S/C16H22Cl2N2O/c1-3-20-8-6-14(7-9-20)19(2)16(21)11-12-10-13(17)4-5-15(12)18/h4-5,10,14H,3,6-9,11H2,1-2H3. The van der Waals surface area contributed by atoms with Gasteiger partial charge in [-0.3, -0.25) is 4.79 Å². The lowest BCUT2D eigenvalue weighted by Gasteiger charge is -2.36. The molecular formula is C16H22Cl2N2O. The van der Waals surface area contributed by atoms with Crippen LogP contribution in [0.3, 0.4) is 0 Å². The fourth-order valence-electron chi connectivity index (χ4n) is 2.79. The Hall–Kier alpha value is -0.770. The minimum atomic E-state index is 0.106. The molecule has 0 aliphatic carbocycles. The van der Waals surface area contributed by atoms with Crippen LogP contribution in [0.1, 0.15) is 25.3 Å². The molecule has 1 heterocycles. The number of nitrogens with zero attached hydrogens (tertiary/aromatic N) is 2. The second kappa shape index (κ2) is 7.48. The van der Waals surface area contributed by atoms with Gasteiger partial charge in [-0.05, 0) is 43.1 Å². The van der Waals surface area contributed by atoms with Gasteiger partial charge in [0.25, 0.3) is 0 Å². The van der Waals surface area contributed by atoms with Crippen molar-refractivity contribution in [3.8, 4) is 0 Å². The highest BCUT2D eigenvalue weighted by molar-refractivity contribution is 6.33. The number of rotatable bonds is 4. The summed E-state index contributed by atoms with van der Waals surface area (Å²) in [5.41, 5.74) is 0.798. The van der Waals surface area contributed by atoms with Gasteiger partial charge < -0.3 is 9.80 Å². The lowest BCUT2D eigenvalue weighted by Crippen LogP contribution is -2.45. The van der Waals surface area contributed by atoms with Gasteiger partial charge in [-0.15, -0.1) is 0 Å². The molecule has 1 saturated heterocycles. The van der Waals surface area contributed by atoms with Gasteiger partial charge in [0, 0.05) is 36.2 Å². The van der Waals surface area contributed by atoms with Crippen LogP contribution in [0.15, 0.2) is 18.2 Å². The smallest absolute Gasteiger partial charge is 0.227 e. The van der Waals surface area contributed by atoms with E-state index in [1.54, 1.807) is 18.2 Å². The molecule has 0 radical (unpaired) electrons. The Morgan fingerprint density at radius 3 is 2.62 bits per heavy atom. The monoisotopic (exact) mass is 328 g/mol. The van der Waals surface area contributed by atoms with Gasteiger partial charge in [-0.25, -0.2) is 0 Å². The van der Waals surface area contributed by atoms with E-state index in [-0.39, 0.29) is 5.91 Å². The van der Waals surface area contributed by atoms with Gasteiger partial charge in [0.1, 0.15) is 0 Å². The quantitative estimate of drug-likeness (QED) is 0.844. The molecule has 1 fully saturated rings. The number of amides is 1. The molecule has 1 aromatic rings. The number of likely N-dealkylation sites (N-methyl/N-ethyl adjacent to an activating group) is 1. The fraction of sp³-hybridized carbons (Fsp3) is 0.562.